The molecule has 0 bridgehead atoms. The molecule has 1 aliphatic rings. The summed E-state index contributed by atoms with van der Waals surface area (Å²) in [7, 11) is 1.62. The molecule has 0 aromatic heterocycles. The molecule has 1 aromatic carbocycles. The van der Waals surface area contributed by atoms with Gasteiger partial charge in [0.15, 0.2) is 0 Å². The zero-order chi connectivity index (χ0) is 13.7. The predicted molar refractivity (Wildman–Crippen MR) is 73.4 cm³/mol. The fourth-order valence-corrected chi connectivity index (χ4v) is 2.31. The standard InChI is InChI=1S/C14H20N2O3/c1-18-13-6-2-4-11(8-13)16-12(5-3-7-15)9-19-10-14(16)17/h2,4,6,8,12H,3,5,7,9-10,15H2,1H3. The maximum Gasteiger partial charge on any atom is 0.253 e. The van der Waals surface area contributed by atoms with Crippen molar-refractivity contribution in [3.63, 3.8) is 0 Å². The van der Waals surface area contributed by atoms with Crippen LogP contribution in [-0.2, 0) is 9.53 Å². The third-order valence-corrected chi connectivity index (χ3v) is 3.24. The van der Waals surface area contributed by atoms with Gasteiger partial charge < -0.3 is 20.1 Å². The van der Waals surface area contributed by atoms with E-state index in [-0.39, 0.29) is 18.6 Å². The fraction of sp³-hybridized carbons (Fsp3) is 0.500. The van der Waals surface area contributed by atoms with Crippen LogP contribution in [0, 0.1) is 0 Å². The number of benzene rings is 1. The van der Waals surface area contributed by atoms with Crippen molar-refractivity contribution in [3.8, 4) is 5.75 Å². The molecule has 0 saturated carbocycles. The van der Waals surface area contributed by atoms with Crippen molar-refractivity contribution in [2.24, 2.45) is 5.73 Å². The van der Waals surface area contributed by atoms with E-state index in [1.807, 2.05) is 29.2 Å². The smallest absolute Gasteiger partial charge is 0.253 e. The molecular weight excluding hydrogens is 244 g/mol. The molecule has 0 radical (unpaired) electrons. The van der Waals surface area contributed by atoms with Crippen LogP contribution in [-0.4, -0.2) is 38.8 Å². The number of ether oxygens (including phenoxy) is 2. The van der Waals surface area contributed by atoms with Gasteiger partial charge in [0.25, 0.3) is 5.91 Å². The van der Waals surface area contributed by atoms with Gasteiger partial charge in [-0.1, -0.05) is 6.07 Å². The Hall–Kier alpha value is -1.59. The quantitative estimate of drug-likeness (QED) is 0.867. The monoisotopic (exact) mass is 264 g/mol. The van der Waals surface area contributed by atoms with E-state index in [1.165, 1.54) is 0 Å². The van der Waals surface area contributed by atoms with Crippen molar-refractivity contribution in [3.05, 3.63) is 24.3 Å². The Labute approximate surface area is 113 Å². The Balaban J connectivity index is 2.22. The Morgan fingerprint density at radius 3 is 3.11 bits per heavy atom. The number of hydrogen-bond acceptors (Lipinski definition) is 4. The molecule has 5 heteroatoms. The molecule has 1 fully saturated rings. The molecule has 1 saturated heterocycles. The van der Waals surface area contributed by atoms with Gasteiger partial charge in [-0.25, -0.2) is 0 Å². The SMILES string of the molecule is COc1cccc(N2C(=O)COCC2CCCN)c1. The maximum absolute atomic E-state index is 12.1. The first kappa shape index (κ1) is 13.8. The molecule has 1 aromatic rings. The normalized spacial score (nSPS) is 19.6. The van der Waals surface area contributed by atoms with Crippen molar-refractivity contribution >= 4 is 11.6 Å². The summed E-state index contributed by atoms with van der Waals surface area (Å²) in [5, 5.41) is 0. The third kappa shape index (κ3) is 3.24. The molecule has 1 unspecified atom stereocenters. The topological polar surface area (TPSA) is 64.8 Å². The van der Waals surface area contributed by atoms with Gasteiger partial charge in [-0.15, -0.1) is 0 Å². The van der Waals surface area contributed by atoms with Crippen LogP contribution < -0.4 is 15.4 Å². The molecular formula is C14H20N2O3. The Kier molecular flexibility index (Phi) is 4.76. The van der Waals surface area contributed by atoms with E-state index in [4.69, 9.17) is 15.2 Å². The van der Waals surface area contributed by atoms with E-state index in [2.05, 4.69) is 0 Å². The lowest BCUT2D eigenvalue weighted by Crippen LogP contribution is -2.49. The number of hydrogen-bond donors (Lipinski definition) is 1. The van der Waals surface area contributed by atoms with E-state index >= 15 is 0 Å². The Morgan fingerprint density at radius 1 is 1.53 bits per heavy atom. The fourth-order valence-electron chi connectivity index (χ4n) is 2.31. The highest BCUT2D eigenvalue weighted by atomic mass is 16.5. The molecule has 19 heavy (non-hydrogen) atoms. The molecule has 1 amide bonds. The average Bonchev–Trinajstić information content (AvgIpc) is 2.45. The van der Waals surface area contributed by atoms with Crippen LogP contribution >= 0.6 is 0 Å². The van der Waals surface area contributed by atoms with Gasteiger partial charge in [0.2, 0.25) is 0 Å². The number of amides is 1. The van der Waals surface area contributed by atoms with Gasteiger partial charge >= 0.3 is 0 Å². The lowest BCUT2D eigenvalue weighted by Gasteiger charge is -2.35. The molecule has 5 nitrogen and oxygen atoms in total. The zero-order valence-electron chi connectivity index (χ0n) is 11.2. The first-order valence-corrected chi connectivity index (χ1v) is 6.50. The van der Waals surface area contributed by atoms with Crippen LogP contribution in [0.1, 0.15) is 12.8 Å². The van der Waals surface area contributed by atoms with E-state index in [0.717, 1.165) is 24.3 Å². The minimum absolute atomic E-state index is 0.0125. The van der Waals surface area contributed by atoms with E-state index < -0.39 is 0 Å². The summed E-state index contributed by atoms with van der Waals surface area (Å²) in [5.41, 5.74) is 6.40. The number of methoxy groups -OCH3 is 1. The first-order chi connectivity index (χ1) is 9.26. The minimum atomic E-state index is -0.0125. The first-order valence-electron chi connectivity index (χ1n) is 6.50. The van der Waals surface area contributed by atoms with Gasteiger partial charge in [-0.3, -0.25) is 4.79 Å². The van der Waals surface area contributed by atoms with Crippen LogP contribution in [0.25, 0.3) is 0 Å². The molecule has 1 aliphatic heterocycles. The maximum atomic E-state index is 12.1. The van der Waals surface area contributed by atoms with Crippen molar-refractivity contribution < 1.29 is 14.3 Å². The number of nitrogens with zero attached hydrogens (tertiary/aromatic N) is 1. The lowest BCUT2D eigenvalue weighted by atomic mass is 10.1. The van der Waals surface area contributed by atoms with Crippen molar-refractivity contribution in [1.82, 2.24) is 0 Å². The van der Waals surface area contributed by atoms with Crippen molar-refractivity contribution in [2.45, 2.75) is 18.9 Å². The number of nitrogens with two attached hydrogens (primary N) is 1. The Bertz CT molecular complexity index is 436. The van der Waals surface area contributed by atoms with Crippen LogP contribution in [0.2, 0.25) is 0 Å². The van der Waals surface area contributed by atoms with E-state index in [9.17, 15) is 4.79 Å². The summed E-state index contributed by atoms with van der Waals surface area (Å²) in [6.45, 7) is 1.32. The largest absolute Gasteiger partial charge is 0.497 e. The summed E-state index contributed by atoms with van der Waals surface area (Å²) < 4.78 is 10.5. The number of anilines is 1. The number of morpholine rings is 1. The van der Waals surface area contributed by atoms with Crippen molar-refractivity contribution in [2.75, 3.05) is 31.8 Å². The van der Waals surface area contributed by atoms with Gasteiger partial charge in [0, 0.05) is 11.8 Å². The highest BCUT2D eigenvalue weighted by molar-refractivity contribution is 5.95. The van der Waals surface area contributed by atoms with E-state index in [1.54, 1.807) is 7.11 Å². The van der Waals surface area contributed by atoms with Gasteiger partial charge in [-0.05, 0) is 31.5 Å². The number of rotatable bonds is 5. The summed E-state index contributed by atoms with van der Waals surface area (Å²) in [4.78, 5) is 13.9. The molecule has 0 aliphatic carbocycles. The van der Waals surface area contributed by atoms with Crippen LogP contribution in [0.4, 0.5) is 5.69 Å². The molecule has 0 spiro atoms. The molecule has 1 atom stereocenters. The minimum Gasteiger partial charge on any atom is -0.497 e. The van der Waals surface area contributed by atoms with Gasteiger partial charge in [0.05, 0.1) is 19.8 Å². The second kappa shape index (κ2) is 6.54. The van der Waals surface area contributed by atoms with Crippen LogP contribution in [0.5, 0.6) is 5.75 Å². The summed E-state index contributed by atoms with van der Waals surface area (Å²) in [5.74, 6) is 0.732. The summed E-state index contributed by atoms with van der Waals surface area (Å²) in [6, 6.07) is 7.59. The lowest BCUT2D eigenvalue weighted by molar-refractivity contribution is -0.127. The molecule has 2 rings (SSSR count). The second-order valence-electron chi connectivity index (χ2n) is 4.57. The summed E-state index contributed by atoms with van der Waals surface area (Å²) >= 11 is 0. The van der Waals surface area contributed by atoms with Crippen LogP contribution in [0.15, 0.2) is 24.3 Å². The summed E-state index contributed by atoms with van der Waals surface area (Å²) in [6.07, 6.45) is 1.72. The highest BCUT2D eigenvalue weighted by Crippen LogP contribution is 2.26. The average molecular weight is 264 g/mol. The number of carbonyl (C=O) groups excluding carboxylic acids is 1. The predicted octanol–water partition coefficient (Wildman–Crippen LogP) is 1.17. The van der Waals surface area contributed by atoms with Crippen LogP contribution in [0.3, 0.4) is 0 Å². The molecule has 2 N–H and O–H groups in total. The van der Waals surface area contributed by atoms with Gasteiger partial charge in [-0.2, -0.15) is 0 Å². The zero-order valence-corrected chi connectivity index (χ0v) is 11.2. The number of carbonyl (C=O) groups is 1. The molecule has 1 heterocycles. The van der Waals surface area contributed by atoms with E-state index in [0.29, 0.717) is 13.2 Å². The molecule has 104 valence electrons. The highest BCUT2D eigenvalue weighted by Gasteiger charge is 2.29. The second-order valence-corrected chi connectivity index (χ2v) is 4.57. The Morgan fingerprint density at radius 2 is 2.37 bits per heavy atom. The van der Waals surface area contributed by atoms with Gasteiger partial charge in [0.1, 0.15) is 12.4 Å². The van der Waals surface area contributed by atoms with Crippen molar-refractivity contribution in [1.29, 1.82) is 0 Å². The third-order valence-electron chi connectivity index (χ3n) is 3.24.